The standard InChI is InChI=1S/C16H24N2O2/c1-2-20-16(19)13-6-5-12(15(18)10-13)9-11-3-7-14(17)8-4-11/h5-6,10-11,14H,2-4,7-9,17-18H2,1H3. The van der Waals surface area contributed by atoms with Gasteiger partial charge < -0.3 is 16.2 Å². The van der Waals surface area contributed by atoms with E-state index in [1.807, 2.05) is 6.07 Å². The number of benzene rings is 1. The third-order valence-electron chi connectivity index (χ3n) is 4.06. The monoisotopic (exact) mass is 276 g/mol. The molecule has 0 saturated heterocycles. The lowest BCUT2D eigenvalue weighted by molar-refractivity contribution is 0.0526. The van der Waals surface area contributed by atoms with Gasteiger partial charge in [-0.2, -0.15) is 0 Å². The molecule has 20 heavy (non-hydrogen) atoms. The van der Waals surface area contributed by atoms with E-state index in [1.54, 1.807) is 19.1 Å². The predicted molar refractivity (Wildman–Crippen MR) is 80.4 cm³/mol. The Morgan fingerprint density at radius 2 is 2.00 bits per heavy atom. The summed E-state index contributed by atoms with van der Waals surface area (Å²) in [6.07, 6.45) is 5.51. The molecule has 1 fully saturated rings. The fraction of sp³-hybridized carbons (Fsp3) is 0.562. The minimum Gasteiger partial charge on any atom is -0.462 e. The maximum atomic E-state index is 11.6. The Morgan fingerprint density at radius 3 is 2.60 bits per heavy atom. The van der Waals surface area contributed by atoms with Gasteiger partial charge in [-0.05, 0) is 62.6 Å². The van der Waals surface area contributed by atoms with Crippen molar-refractivity contribution in [3.63, 3.8) is 0 Å². The van der Waals surface area contributed by atoms with Crippen LogP contribution in [0.5, 0.6) is 0 Å². The molecule has 0 aliphatic heterocycles. The first-order chi connectivity index (χ1) is 9.60. The Kier molecular flexibility index (Phi) is 5.01. The van der Waals surface area contributed by atoms with Gasteiger partial charge in [-0.25, -0.2) is 4.79 Å². The van der Waals surface area contributed by atoms with Crippen LogP contribution in [0, 0.1) is 5.92 Å². The Morgan fingerprint density at radius 1 is 1.30 bits per heavy atom. The topological polar surface area (TPSA) is 78.3 Å². The summed E-state index contributed by atoms with van der Waals surface area (Å²) in [6.45, 7) is 2.17. The highest BCUT2D eigenvalue weighted by atomic mass is 16.5. The van der Waals surface area contributed by atoms with E-state index < -0.39 is 0 Å². The maximum Gasteiger partial charge on any atom is 0.338 e. The van der Waals surface area contributed by atoms with Gasteiger partial charge in [0.25, 0.3) is 0 Å². The van der Waals surface area contributed by atoms with Crippen LogP contribution in [0.3, 0.4) is 0 Å². The number of hydrogen-bond acceptors (Lipinski definition) is 4. The van der Waals surface area contributed by atoms with Crippen LogP contribution in [0.2, 0.25) is 0 Å². The Hall–Kier alpha value is -1.55. The van der Waals surface area contributed by atoms with Crippen LogP contribution >= 0.6 is 0 Å². The molecule has 1 aromatic rings. The number of nitrogens with two attached hydrogens (primary N) is 2. The predicted octanol–water partition coefficient (Wildman–Crippen LogP) is 2.51. The van der Waals surface area contributed by atoms with Crippen molar-refractivity contribution < 1.29 is 9.53 Å². The second-order valence-corrected chi connectivity index (χ2v) is 5.62. The van der Waals surface area contributed by atoms with Crippen molar-refractivity contribution >= 4 is 11.7 Å². The molecule has 0 atom stereocenters. The van der Waals surface area contributed by atoms with Gasteiger partial charge in [0.1, 0.15) is 0 Å². The van der Waals surface area contributed by atoms with Crippen molar-refractivity contribution in [2.45, 2.75) is 45.1 Å². The summed E-state index contributed by atoms with van der Waals surface area (Å²) in [5, 5.41) is 0. The first kappa shape index (κ1) is 14.9. The third-order valence-corrected chi connectivity index (χ3v) is 4.06. The summed E-state index contributed by atoms with van der Waals surface area (Å²) in [5.74, 6) is 0.347. The molecular weight excluding hydrogens is 252 g/mol. The van der Waals surface area contributed by atoms with E-state index in [1.165, 1.54) is 12.8 Å². The van der Waals surface area contributed by atoms with Gasteiger partial charge in [0.05, 0.1) is 12.2 Å². The van der Waals surface area contributed by atoms with Gasteiger partial charge in [0, 0.05) is 11.7 Å². The molecule has 4 nitrogen and oxygen atoms in total. The van der Waals surface area contributed by atoms with Crippen molar-refractivity contribution in [3.05, 3.63) is 29.3 Å². The lowest BCUT2D eigenvalue weighted by Gasteiger charge is -2.26. The number of hydrogen-bond donors (Lipinski definition) is 2. The zero-order chi connectivity index (χ0) is 14.5. The highest BCUT2D eigenvalue weighted by Gasteiger charge is 2.20. The fourth-order valence-corrected chi connectivity index (χ4v) is 2.83. The van der Waals surface area contributed by atoms with E-state index in [0.717, 1.165) is 24.8 Å². The summed E-state index contributed by atoms with van der Waals surface area (Å²) in [6, 6.07) is 5.85. The van der Waals surface area contributed by atoms with Crippen LogP contribution in [-0.2, 0) is 11.2 Å². The number of anilines is 1. The number of rotatable bonds is 4. The summed E-state index contributed by atoms with van der Waals surface area (Å²) >= 11 is 0. The van der Waals surface area contributed by atoms with Crippen LogP contribution < -0.4 is 11.5 Å². The summed E-state index contributed by atoms with van der Waals surface area (Å²) in [4.78, 5) is 11.6. The molecule has 0 heterocycles. The van der Waals surface area contributed by atoms with E-state index in [4.69, 9.17) is 16.2 Å². The highest BCUT2D eigenvalue weighted by Crippen LogP contribution is 2.28. The Balaban J connectivity index is 2.00. The quantitative estimate of drug-likeness (QED) is 0.654. The fourth-order valence-electron chi connectivity index (χ4n) is 2.83. The lowest BCUT2D eigenvalue weighted by atomic mass is 9.82. The van der Waals surface area contributed by atoms with Crippen LogP contribution in [-0.4, -0.2) is 18.6 Å². The van der Waals surface area contributed by atoms with Crippen molar-refractivity contribution in [2.75, 3.05) is 12.3 Å². The van der Waals surface area contributed by atoms with Gasteiger partial charge in [-0.3, -0.25) is 0 Å². The van der Waals surface area contributed by atoms with E-state index in [-0.39, 0.29) is 5.97 Å². The smallest absolute Gasteiger partial charge is 0.338 e. The number of carbonyl (C=O) groups is 1. The molecule has 0 unspecified atom stereocenters. The minimum atomic E-state index is -0.311. The average molecular weight is 276 g/mol. The molecule has 110 valence electrons. The molecule has 0 amide bonds. The second kappa shape index (κ2) is 6.75. The minimum absolute atomic E-state index is 0.311. The largest absolute Gasteiger partial charge is 0.462 e. The Labute approximate surface area is 120 Å². The van der Waals surface area contributed by atoms with Gasteiger partial charge >= 0.3 is 5.97 Å². The van der Waals surface area contributed by atoms with Crippen molar-refractivity contribution in [1.29, 1.82) is 0 Å². The van der Waals surface area contributed by atoms with Gasteiger partial charge in [-0.15, -0.1) is 0 Å². The molecule has 0 spiro atoms. The highest BCUT2D eigenvalue weighted by molar-refractivity contribution is 5.90. The summed E-state index contributed by atoms with van der Waals surface area (Å²) in [7, 11) is 0. The van der Waals surface area contributed by atoms with Crippen molar-refractivity contribution in [1.82, 2.24) is 0 Å². The van der Waals surface area contributed by atoms with Crippen LogP contribution in [0.4, 0.5) is 5.69 Å². The van der Waals surface area contributed by atoms with E-state index in [2.05, 4.69) is 0 Å². The normalized spacial score (nSPS) is 22.5. The SMILES string of the molecule is CCOC(=O)c1ccc(CC2CCC(N)CC2)c(N)c1. The summed E-state index contributed by atoms with van der Waals surface area (Å²) < 4.78 is 4.98. The second-order valence-electron chi connectivity index (χ2n) is 5.62. The molecule has 1 saturated carbocycles. The molecule has 2 rings (SSSR count). The molecular formula is C16H24N2O2. The molecule has 0 bridgehead atoms. The first-order valence-corrected chi connectivity index (χ1v) is 7.41. The number of ether oxygens (including phenoxy) is 1. The van der Waals surface area contributed by atoms with Crippen LogP contribution in [0.1, 0.15) is 48.5 Å². The van der Waals surface area contributed by atoms with Gasteiger partial charge in [0.2, 0.25) is 0 Å². The van der Waals surface area contributed by atoms with Crippen LogP contribution in [0.15, 0.2) is 18.2 Å². The third kappa shape index (κ3) is 3.73. The molecule has 0 radical (unpaired) electrons. The van der Waals surface area contributed by atoms with Gasteiger partial charge in [-0.1, -0.05) is 6.07 Å². The molecule has 1 aliphatic carbocycles. The number of nitrogen functional groups attached to an aromatic ring is 1. The molecule has 0 aromatic heterocycles. The maximum absolute atomic E-state index is 11.6. The number of carbonyl (C=O) groups excluding carboxylic acids is 1. The van der Waals surface area contributed by atoms with E-state index >= 15 is 0 Å². The van der Waals surface area contributed by atoms with Gasteiger partial charge in [0.15, 0.2) is 0 Å². The zero-order valence-corrected chi connectivity index (χ0v) is 12.1. The molecule has 1 aliphatic rings. The van der Waals surface area contributed by atoms with Crippen LogP contribution in [0.25, 0.3) is 0 Å². The van der Waals surface area contributed by atoms with Crippen molar-refractivity contribution in [2.24, 2.45) is 11.7 Å². The zero-order valence-electron chi connectivity index (χ0n) is 12.1. The van der Waals surface area contributed by atoms with Crippen molar-refractivity contribution in [3.8, 4) is 0 Å². The van der Waals surface area contributed by atoms with E-state index in [0.29, 0.717) is 29.8 Å². The average Bonchev–Trinajstić information content (AvgIpc) is 2.43. The first-order valence-electron chi connectivity index (χ1n) is 7.41. The van der Waals surface area contributed by atoms with E-state index in [9.17, 15) is 4.79 Å². The number of esters is 1. The summed E-state index contributed by atoms with van der Waals surface area (Å²) in [5.41, 5.74) is 14.3. The molecule has 1 aromatic carbocycles. The Bertz CT molecular complexity index is 466. The lowest BCUT2D eigenvalue weighted by Crippen LogP contribution is -2.27. The molecule has 4 N–H and O–H groups in total. The molecule has 4 heteroatoms.